The number of hydrogen-bond donors (Lipinski definition) is 4. The Morgan fingerprint density at radius 1 is 0.885 bits per heavy atom. The van der Waals surface area contributed by atoms with Crippen LogP contribution >= 0.6 is 0 Å². The van der Waals surface area contributed by atoms with Crippen molar-refractivity contribution in [1.29, 1.82) is 0 Å². The van der Waals surface area contributed by atoms with E-state index in [1.165, 1.54) is 18.3 Å². The van der Waals surface area contributed by atoms with Gasteiger partial charge in [-0.3, -0.25) is 19.7 Å². The van der Waals surface area contributed by atoms with Gasteiger partial charge in [0.05, 0.1) is 5.57 Å². The number of imide groups is 1. The minimum absolute atomic E-state index is 0.309. The highest BCUT2D eigenvalue weighted by Crippen LogP contribution is 2.24. The van der Waals surface area contributed by atoms with E-state index in [0.717, 1.165) is 0 Å². The van der Waals surface area contributed by atoms with Gasteiger partial charge in [-0.1, -0.05) is 18.2 Å². The Morgan fingerprint density at radius 2 is 1.50 bits per heavy atom. The van der Waals surface area contributed by atoms with Crippen molar-refractivity contribution >= 4 is 40.6 Å². The first-order valence-electron chi connectivity index (χ1n) is 7.52. The summed E-state index contributed by atoms with van der Waals surface area (Å²) in [4.78, 5) is 45.5. The van der Waals surface area contributed by atoms with Crippen LogP contribution in [-0.4, -0.2) is 28.8 Å². The molecule has 0 saturated heterocycles. The van der Waals surface area contributed by atoms with Crippen LogP contribution in [0.2, 0.25) is 0 Å². The fourth-order valence-electron chi connectivity index (χ4n) is 2.41. The molecule has 0 bridgehead atoms. The molecule has 130 valence electrons. The molecule has 8 heteroatoms. The number of fused-ring (bicyclic) bond motifs is 1. The third-order valence-corrected chi connectivity index (χ3v) is 3.65. The number of carbonyl (C=O) groups excluding carboxylic acids is 3. The maximum Gasteiger partial charge on any atom is 0.394 e. The predicted octanol–water partition coefficient (Wildman–Crippen LogP) is 1.43. The quantitative estimate of drug-likeness (QED) is 0.377. The van der Waals surface area contributed by atoms with E-state index < -0.39 is 23.7 Å². The molecule has 0 fully saturated rings. The number of hydrogen-bond acceptors (Lipinski definition) is 5. The Bertz CT molecular complexity index is 948. The Balaban J connectivity index is 1.78. The first kappa shape index (κ1) is 16.9. The number of benzene rings is 2. The normalized spacial score (nSPS) is 14.4. The van der Waals surface area contributed by atoms with Crippen molar-refractivity contribution in [2.75, 3.05) is 10.6 Å². The smallest absolute Gasteiger partial charge is 0.394 e. The maximum atomic E-state index is 12.1. The summed E-state index contributed by atoms with van der Waals surface area (Å²) < 4.78 is 0. The van der Waals surface area contributed by atoms with Crippen molar-refractivity contribution < 1.29 is 24.3 Å². The Hall–Kier alpha value is -3.94. The van der Waals surface area contributed by atoms with E-state index in [-0.39, 0.29) is 0 Å². The molecule has 8 nitrogen and oxygen atoms in total. The molecular weight excluding hydrogens is 338 g/mol. The zero-order valence-electron chi connectivity index (χ0n) is 13.3. The largest absolute Gasteiger partial charge is 0.474 e. The number of anilines is 2. The molecule has 2 aromatic rings. The zero-order valence-corrected chi connectivity index (χ0v) is 13.3. The number of carboxylic acid groups (broad SMARTS) is 1. The summed E-state index contributed by atoms with van der Waals surface area (Å²) in [5.41, 5.74) is 2.17. The summed E-state index contributed by atoms with van der Waals surface area (Å²) in [6, 6.07) is 13.0. The van der Waals surface area contributed by atoms with Gasteiger partial charge in [0, 0.05) is 28.7 Å². The lowest BCUT2D eigenvalue weighted by molar-refractivity contribution is -0.147. The molecule has 0 aliphatic carbocycles. The monoisotopic (exact) mass is 351 g/mol. The van der Waals surface area contributed by atoms with Gasteiger partial charge in [0.15, 0.2) is 0 Å². The predicted molar refractivity (Wildman–Crippen MR) is 93.2 cm³/mol. The van der Waals surface area contributed by atoms with E-state index in [9.17, 15) is 19.2 Å². The first-order chi connectivity index (χ1) is 12.5. The van der Waals surface area contributed by atoms with Crippen molar-refractivity contribution in [1.82, 2.24) is 5.32 Å². The Kier molecular flexibility index (Phi) is 4.48. The van der Waals surface area contributed by atoms with Gasteiger partial charge in [-0.15, -0.1) is 0 Å². The molecule has 3 rings (SSSR count). The third-order valence-electron chi connectivity index (χ3n) is 3.65. The van der Waals surface area contributed by atoms with E-state index in [2.05, 4.69) is 16.0 Å². The average Bonchev–Trinajstić information content (AvgIpc) is 2.62. The van der Waals surface area contributed by atoms with E-state index >= 15 is 0 Å². The molecule has 0 atom stereocenters. The molecule has 0 spiro atoms. The number of carboxylic acids is 1. The van der Waals surface area contributed by atoms with Gasteiger partial charge in [-0.2, -0.15) is 0 Å². The third kappa shape index (κ3) is 3.44. The minimum Gasteiger partial charge on any atom is -0.474 e. The second-order valence-electron chi connectivity index (χ2n) is 5.37. The van der Waals surface area contributed by atoms with Crippen LogP contribution in [0.1, 0.15) is 15.9 Å². The van der Waals surface area contributed by atoms with Crippen LogP contribution in [0.15, 0.2) is 54.7 Å². The molecule has 1 aliphatic heterocycles. The summed E-state index contributed by atoms with van der Waals surface area (Å²) in [5, 5.41) is 16.0. The Morgan fingerprint density at radius 3 is 2.15 bits per heavy atom. The summed E-state index contributed by atoms with van der Waals surface area (Å²) in [7, 11) is 0. The van der Waals surface area contributed by atoms with Crippen LogP contribution < -0.4 is 16.0 Å². The van der Waals surface area contributed by atoms with Crippen LogP contribution in [0.4, 0.5) is 11.4 Å². The van der Waals surface area contributed by atoms with Crippen molar-refractivity contribution in [2.45, 2.75) is 0 Å². The number of amides is 3. The van der Waals surface area contributed by atoms with Crippen LogP contribution in [0.3, 0.4) is 0 Å². The molecule has 2 aromatic carbocycles. The average molecular weight is 351 g/mol. The molecule has 0 saturated carbocycles. The second-order valence-corrected chi connectivity index (χ2v) is 5.37. The van der Waals surface area contributed by atoms with E-state index in [0.29, 0.717) is 28.1 Å². The van der Waals surface area contributed by atoms with Gasteiger partial charge in [0.1, 0.15) is 0 Å². The number of aliphatic carboxylic acids is 1. The summed E-state index contributed by atoms with van der Waals surface area (Å²) in [6.45, 7) is 0. The minimum atomic E-state index is -1.58. The van der Waals surface area contributed by atoms with Gasteiger partial charge < -0.3 is 15.7 Å². The second kappa shape index (κ2) is 6.89. The highest BCUT2D eigenvalue weighted by Gasteiger charge is 2.26. The van der Waals surface area contributed by atoms with E-state index in [4.69, 9.17) is 5.11 Å². The van der Waals surface area contributed by atoms with Crippen molar-refractivity contribution in [3.05, 3.63) is 65.9 Å². The molecule has 0 radical (unpaired) electrons. The SMILES string of the molecule is O=C(O)C(=O)Nc1ccc(NC=C2C(=O)NC(=O)c3ccccc32)cc1. The first-order valence-corrected chi connectivity index (χ1v) is 7.52. The van der Waals surface area contributed by atoms with Crippen LogP contribution in [0.25, 0.3) is 5.57 Å². The fraction of sp³-hybridized carbons (Fsp3) is 0. The van der Waals surface area contributed by atoms with E-state index in [1.54, 1.807) is 36.4 Å². The summed E-state index contributed by atoms with van der Waals surface area (Å²) in [6.07, 6.45) is 1.48. The standard InChI is InChI=1S/C18H13N3O5/c22-15-13-4-2-1-3-12(13)14(16(23)21-15)9-19-10-5-7-11(8-6-10)20-17(24)18(25)26/h1-9,19H,(H,20,24)(H,25,26)(H,21,22,23). The topological polar surface area (TPSA) is 125 Å². The van der Waals surface area contributed by atoms with Crippen molar-refractivity contribution in [3.8, 4) is 0 Å². The molecular formula is C18H13N3O5. The fourth-order valence-corrected chi connectivity index (χ4v) is 2.41. The molecule has 0 aromatic heterocycles. The van der Waals surface area contributed by atoms with Crippen LogP contribution in [0, 0.1) is 0 Å². The number of nitrogens with one attached hydrogen (secondary N) is 3. The molecule has 26 heavy (non-hydrogen) atoms. The highest BCUT2D eigenvalue weighted by molar-refractivity contribution is 6.36. The Labute approximate surface area is 147 Å². The zero-order chi connectivity index (χ0) is 18.7. The van der Waals surface area contributed by atoms with Gasteiger partial charge in [0.2, 0.25) is 0 Å². The number of rotatable bonds is 3. The van der Waals surface area contributed by atoms with Gasteiger partial charge in [0.25, 0.3) is 11.8 Å². The van der Waals surface area contributed by atoms with Gasteiger partial charge in [-0.05, 0) is 30.3 Å². The molecule has 1 heterocycles. The summed E-state index contributed by atoms with van der Waals surface area (Å²) in [5.74, 6) is -3.66. The van der Waals surface area contributed by atoms with Gasteiger partial charge >= 0.3 is 11.9 Å². The lowest BCUT2D eigenvalue weighted by Crippen LogP contribution is -2.36. The van der Waals surface area contributed by atoms with Gasteiger partial charge in [-0.25, -0.2) is 4.79 Å². The van der Waals surface area contributed by atoms with Crippen LogP contribution in [0.5, 0.6) is 0 Å². The van der Waals surface area contributed by atoms with Crippen LogP contribution in [-0.2, 0) is 14.4 Å². The van der Waals surface area contributed by atoms with E-state index in [1.807, 2.05) is 0 Å². The lowest BCUT2D eigenvalue weighted by Gasteiger charge is -2.18. The van der Waals surface area contributed by atoms with Crippen molar-refractivity contribution in [2.24, 2.45) is 0 Å². The number of carbonyl (C=O) groups is 4. The maximum absolute atomic E-state index is 12.1. The van der Waals surface area contributed by atoms with Crippen molar-refractivity contribution in [3.63, 3.8) is 0 Å². The molecule has 0 unspecified atom stereocenters. The lowest BCUT2D eigenvalue weighted by atomic mass is 9.96. The molecule has 1 aliphatic rings. The molecule has 4 N–H and O–H groups in total. The summed E-state index contributed by atoms with van der Waals surface area (Å²) >= 11 is 0. The highest BCUT2D eigenvalue weighted by atomic mass is 16.4. The molecule has 3 amide bonds.